The van der Waals surface area contributed by atoms with Gasteiger partial charge in [-0.2, -0.15) is 4.98 Å². The highest BCUT2D eigenvalue weighted by Crippen LogP contribution is 2.35. The number of halogens is 1. The number of pyridine rings is 1. The first-order chi connectivity index (χ1) is 11.1. The summed E-state index contributed by atoms with van der Waals surface area (Å²) in [4.78, 5) is 21.3. The average molecular weight is 348 g/mol. The lowest BCUT2D eigenvalue weighted by molar-refractivity contribution is 0.372. The molecule has 3 aromatic rings. The van der Waals surface area contributed by atoms with Crippen molar-refractivity contribution < 1.29 is 4.52 Å². The van der Waals surface area contributed by atoms with E-state index in [9.17, 15) is 4.79 Å². The van der Waals surface area contributed by atoms with E-state index in [0.717, 1.165) is 31.2 Å². The largest absolute Gasteiger partial charge is 0.334 e. The average Bonchev–Trinajstić information content (AvgIpc) is 3.18. The van der Waals surface area contributed by atoms with E-state index in [4.69, 9.17) is 10.3 Å². The Hall–Kier alpha value is -2.25. The molecule has 1 fully saturated rings. The highest BCUT2D eigenvalue weighted by atomic mass is 35.5. The summed E-state index contributed by atoms with van der Waals surface area (Å²) in [5.74, 6) is 0.642. The number of hydrogen-bond acceptors (Lipinski definition) is 6. The lowest BCUT2D eigenvalue weighted by atomic mass is 9.99. The van der Waals surface area contributed by atoms with Crippen molar-refractivity contribution in [2.45, 2.75) is 38.1 Å². The summed E-state index contributed by atoms with van der Waals surface area (Å²) in [5, 5.41) is 4.00. The van der Waals surface area contributed by atoms with Crippen molar-refractivity contribution in [1.29, 1.82) is 0 Å². The van der Waals surface area contributed by atoms with E-state index in [2.05, 4.69) is 15.1 Å². The smallest absolute Gasteiger partial charge is 0.270 e. The minimum absolute atomic E-state index is 0. The van der Waals surface area contributed by atoms with Crippen molar-refractivity contribution in [3.8, 4) is 11.5 Å². The predicted molar refractivity (Wildman–Crippen MR) is 91.1 cm³/mol. The lowest BCUT2D eigenvalue weighted by Gasteiger charge is -2.17. The molecule has 0 spiro atoms. The number of nitrogens with two attached hydrogens (primary N) is 1. The van der Waals surface area contributed by atoms with Crippen LogP contribution in [0, 0.1) is 6.92 Å². The molecule has 8 heteroatoms. The summed E-state index contributed by atoms with van der Waals surface area (Å²) in [6.07, 6.45) is 6.99. The molecule has 7 nitrogen and oxygen atoms in total. The number of rotatable bonds is 2. The summed E-state index contributed by atoms with van der Waals surface area (Å²) in [6, 6.07) is 3.71. The van der Waals surface area contributed by atoms with Gasteiger partial charge in [0.05, 0.1) is 5.54 Å². The fraction of sp³-hybridized carbons (Fsp3) is 0.375. The molecule has 3 aromatic heterocycles. The third kappa shape index (κ3) is 2.59. The second kappa shape index (κ2) is 5.99. The van der Waals surface area contributed by atoms with Crippen LogP contribution in [0.15, 0.2) is 33.8 Å². The van der Waals surface area contributed by atoms with Gasteiger partial charge in [0.2, 0.25) is 0 Å². The van der Waals surface area contributed by atoms with Crippen LogP contribution in [0.2, 0.25) is 0 Å². The third-order valence-electron chi connectivity index (χ3n) is 4.45. The molecule has 0 amide bonds. The highest BCUT2D eigenvalue weighted by Gasteiger charge is 2.36. The van der Waals surface area contributed by atoms with Crippen molar-refractivity contribution in [3.05, 3.63) is 46.3 Å². The molecule has 24 heavy (non-hydrogen) atoms. The van der Waals surface area contributed by atoms with Gasteiger partial charge in [-0.05, 0) is 31.4 Å². The third-order valence-corrected chi connectivity index (χ3v) is 4.45. The van der Waals surface area contributed by atoms with E-state index < -0.39 is 5.54 Å². The second-order valence-corrected chi connectivity index (χ2v) is 6.20. The molecule has 0 atom stereocenters. The molecule has 4 rings (SSSR count). The fourth-order valence-electron chi connectivity index (χ4n) is 3.09. The number of nitrogens with zero attached hydrogens (tertiary/aromatic N) is 4. The molecule has 0 aliphatic heterocycles. The van der Waals surface area contributed by atoms with Crippen LogP contribution in [0.4, 0.5) is 0 Å². The SMILES string of the molecule is Cc1ccc2ncc(-c3nc(C4(N)CCCC4)no3)c(=O)n2c1.Cl. The van der Waals surface area contributed by atoms with Crippen LogP contribution in [0.5, 0.6) is 0 Å². The van der Waals surface area contributed by atoms with Gasteiger partial charge in [-0.3, -0.25) is 9.20 Å². The van der Waals surface area contributed by atoms with Gasteiger partial charge >= 0.3 is 0 Å². The Morgan fingerprint density at radius 2 is 2.04 bits per heavy atom. The molecule has 1 aliphatic carbocycles. The normalized spacial score (nSPS) is 16.2. The zero-order valence-electron chi connectivity index (χ0n) is 13.2. The van der Waals surface area contributed by atoms with Gasteiger partial charge in [-0.15, -0.1) is 12.4 Å². The van der Waals surface area contributed by atoms with Crippen LogP contribution in [-0.4, -0.2) is 19.5 Å². The van der Waals surface area contributed by atoms with Crippen LogP contribution in [0.3, 0.4) is 0 Å². The first kappa shape index (κ1) is 16.6. The second-order valence-electron chi connectivity index (χ2n) is 6.20. The maximum atomic E-state index is 12.7. The minimum Gasteiger partial charge on any atom is -0.334 e. The van der Waals surface area contributed by atoms with E-state index in [0.29, 0.717) is 11.5 Å². The summed E-state index contributed by atoms with van der Waals surface area (Å²) in [5.41, 5.74) is 7.40. The summed E-state index contributed by atoms with van der Waals surface area (Å²) >= 11 is 0. The highest BCUT2D eigenvalue weighted by molar-refractivity contribution is 5.85. The molecular formula is C16H18ClN5O2. The lowest BCUT2D eigenvalue weighted by Crippen LogP contribution is -2.34. The summed E-state index contributed by atoms with van der Waals surface area (Å²) < 4.78 is 6.78. The Balaban J connectivity index is 0.00000169. The molecule has 126 valence electrons. The van der Waals surface area contributed by atoms with Crippen LogP contribution in [0.1, 0.15) is 37.1 Å². The number of aryl methyl sites for hydroxylation is 1. The van der Waals surface area contributed by atoms with Gasteiger partial charge in [0.15, 0.2) is 5.82 Å². The van der Waals surface area contributed by atoms with E-state index in [1.165, 1.54) is 10.6 Å². The number of hydrogen-bond donors (Lipinski definition) is 1. The Bertz CT molecular complexity index is 943. The maximum absolute atomic E-state index is 12.7. The van der Waals surface area contributed by atoms with Gasteiger partial charge in [-0.25, -0.2) is 4.98 Å². The zero-order valence-corrected chi connectivity index (χ0v) is 14.0. The van der Waals surface area contributed by atoms with Gasteiger partial charge in [-0.1, -0.05) is 24.1 Å². The Morgan fingerprint density at radius 1 is 1.29 bits per heavy atom. The standard InChI is InChI=1S/C16H17N5O2.ClH/c1-10-4-5-12-18-8-11(14(22)21(12)9-10)13-19-15(20-23-13)16(17)6-2-3-7-16;/h4-5,8-9H,2-3,6-7,17H2,1H3;1H. The predicted octanol–water partition coefficient (Wildman–Crippen LogP) is 2.20. The van der Waals surface area contributed by atoms with Gasteiger partial charge in [0.25, 0.3) is 11.4 Å². The number of fused-ring (bicyclic) bond motifs is 1. The van der Waals surface area contributed by atoms with E-state index in [1.807, 2.05) is 13.0 Å². The molecule has 2 N–H and O–H groups in total. The van der Waals surface area contributed by atoms with E-state index >= 15 is 0 Å². The Kier molecular flexibility index (Phi) is 4.15. The topological polar surface area (TPSA) is 99.3 Å². The summed E-state index contributed by atoms with van der Waals surface area (Å²) in [6.45, 7) is 1.92. The Labute approximate surface area is 144 Å². The maximum Gasteiger partial charge on any atom is 0.270 e. The molecule has 1 aliphatic rings. The van der Waals surface area contributed by atoms with Crippen molar-refractivity contribution >= 4 is 18.1 Å². The molecule has 0 unspecified atom stereocenters. The fourth-order valence-corrected chi connectivity index (χ4v) is 3.09. The first-order valence-corrected chi connectivity index (χ1v) is 7.68. The molecular weight excluding hydrogens is 330 g/mol. The molecule has 0 aromatic carbocycles. The monoisotopic (exact) mass is 347 g/mol. The van der Waals surface area contributed by atoms with Gasteiger partial charge in [0.1, 0.15) is 11.2 Å². The molecule has 0 bridgehead atoms. The van der Waals surface area contributed by atoms with E-state index in [-0.39, 0.29) is 29.4 Å². The minimum atomic E-state index is -0.543. The quantitative estimate of drug-likeness (QED) is 0.762. The van der Waals surface area contributed by atoms with Crippen molar-refractivity contribution in [2.75, 3.05) is 0 Å². The molecule has 0 radical (unpaired) electrons. The van der Waals surface area contributed by atoms with Crippen LogP contribution in [-0.2, 0) is 5.54 Å². The summed E-state index contributed by atoms with van der Waals surface area (Å²) in [7, 11) is 0. The zero-order chi connectivity index (χ0) is 16.0. The van der Waals surface area contributed by atoms with Crippen LogP contribution < -0.4 is 11.3 Å². The van der Waals surface area contributed by atoms with Crippen molar-refractivity contribution in [3.63, 3.8) is 0 Å². The molecule has 0 saturated heterocycles. The van der Waals surface area contributed by atoms with Crippen LogP contribution >= 0.6 is 12.4 Å². The molecule has 3 heterocycles. The number of aromatic nitrogens is 4. The first-order valence-electron chi connectivity index (χ1n) is 7.68. The van der Waals surface area contributed by atoms with Crippen molar-refractivity contribution in [2.24, 2.45) is 5.73 Å². The van der Waals surface area contributed by atoms with Gasteiger partial charge < -0.3 is 10.3 Å². The van der Waals surface area contributed by atoms with Crippen molar-refractivity contribution in [1.82, 2.24) is 19.5 Å². The van der Waals surface area contributed by atoms with Crippen LogP contribution in [0.25, 0.3) is 17.1 Å². The molecule has 1 saturated carbocycles. The Morgan fingerprint density at radius 3 is 2.79 bits per heavy atom. The van der Waals surface area contributed by atoms with E-state index in [1.54, 1.807) is 12.3 Å². The van der Waals surface area contributed by atoms with Gasteiger partial charge in [0, 0.05) is 12.4 Å².